The maximum atomic E-state index is 13.8. The highest BCUT2D eigenvalue weighted by Crippen LogP contribution is 2.30. The van der Waals surface area contributed by atoms with Crippen LogP contribution in [-0.4, -0.2) is 29.9 Å². The van der Waals surface area contributed by atoms with Crippen molar-refractivity contribution in [1.29, 1.82) is 0 Å². The minimum absolute atomic E-state index is 0.158. The number of carbonyl (C=O) groups excluding carboxylic acids is 1. The molecule has 27 heavy (non-hydrogen) atoms. The first-order valence-corrected chi connectivity index (χ1v) is 8.40. The van der Waals surface area contributed by atoms with Gasteiger partial charge in [-0.05, 0) is 18.2 Å². The summed E-state index contributed by atoms with van der Waals surface area (Å²) >= 11 is 6.18. The van der Waals surface area contributed by atoms with Crippen molar-refractivity contribution in [3.8, 4) is 11.5 Å². The molecule has 1 heterocycles. The number of benzene rings is 2. The molecule has 1 N–H and O–H groups in total. The Balaban J connectivity index is 1.84. The fraction of sp³-hybridized carbons (Fsp3) is 0.158. The van der Waals surface area contributed by atoms with Crippen LogP contribution in [0.25, 0.3) is 0 Å². The first kappa shape index (κ1) is 18.7. The van der Waals surface area contributed by atoms with Gasteiger partial charge in [-0.15, -0.1) is 0 Å². The fourth-order valence-corrected chi connectivity index (χ4v) is 2.81. The number of ether oxygens (including phenoxy) is 2. The molecule has 0 unspecified atom stereocenters. The van der Waals surface area contributed by atoms with E-state index in [4.69, 9.17) is 21.1 Å². The van der Waals surface area contributed by atoms with Gasteiger partial charge in [0, 0.05) is 11.8 Å². The minimum Gasteiger partial charge on any atom is -0.496 e. The Labute approximate surface area is 160 Å². The van der Waals surface area contributed by atoms with E-state index in [-0.39, 0.29) is 28.8 Å². The molecular weight excluding hydrogens is 373 g/mol. The molecule has 0 saturated carbocycles. The highest BCUT2D eigenvalue weighted by molar-refractivity contribution is 6.33. The zero-order valence-electron chi connectivity index (χ0n) is 14.7. The van der Waals surface area contributed by atoms with Gasteiger partial charge in [-0.1, -0.05) is 35.9 Å². The van der Waals surface area contributed by atoms with E-state index in [0.717, 1.165) is 0 Å². The van der Waals surface area contributed by atoms with Gasteiger partial charge in [0.05, 0.1) is 20.8 Å². The normalized spacial score (nSPS) is 10.5. The Hall–Kier alpha value is -3.06. The Kier molecular flexibility index (Phi) is 5.61. The van der Waals surface area contributed by atoms with E-state index < -0.39 is 5.91 Å². The summed E-state index contributed by atoms with van der Waals surface area (Å²) in [6.07, 6.45) is 1.52. The molecule has 0 atom stereocenters. The summed E-state index contributed by atoms with van der Waals surface area (Å²) in [5.41, 5.74) is 0.683. The van der Waals surface area contributed by atoms with Crippen molar-refractivity contribution in [3.63, 3.8) is 0 Å². The second-order valence-corrected chi connectivity index (χ2v) is 6.01. The van der Waals surface area contributed by atoms with E-state index in [9.17, 15) is 9.18 Å². The molecule has 0 aliphatic heterocycles. The summed E-state index contributed by atoms with van der Waals surface area (Å²) in [5.74, 6) is 0.0456. The standard InChI is InChI=1S/C19H17ClFN3O3/c1-26-15-8-5-9-16(27-2)17(15)19(25)22-18-13(20)11-24(23-18)10-12-6-3-4-7-14(12)21/h3-9,11H,10H2,1-2H3,(H,22,23,25). The van der Waals surface area contributed by atoms with Crippen LogP contribution in [0, 0.1) is 5.82 Å². The number of nitrogens with one attached hydrogen (secondary N) is 1. The average molecular weight is 390 g/mol. The zero-order chi connectivity index (χ0) is 19.4. The van der Waals surface area contributed by atoms with E-state index in [1.54, 1.807) is 36.4 Å². The maximum absolute atomic E-state index is 13.8. The molecule has 0 saturated heterocycles. The molecule has 0 spiro atoms. The molecule has 1 aromatic heterocycles. The van der Waals surface area contributed by atoms with Crippen LogP contribution in [0.15, 0.2) is 48.7 Å². The van der Waals surface area contributed by atoms with Gasteiger partial charge in [0.15, 0.2) is 5.82 Å². The lowest BCUT2D eigenvalue weighted by Gasteiger charge is -2.12. The van der Waals surface area contributed by atoms with Gasteiger partial charge in [-0.25, -0.2) is 4.39 Å². The number of methoxy groups -OCH3 is 2. The molecule has 3 aromatic rings. The highest BCUT2D eigenvalue weighted by Gasteiger charge is 2.20. The number of halogens is 2. The largest absolute Gasteiger partial charge is 0.496 e. The van der Waals surface area contributed by atoms with Gasteiger partial charge in [-0.2, -0.15) is 5.10 Å². The van der Waals surface area contributed by atoms with Crippen LogP contribution in [-0.2, 0) is 6.54 Å². The first-order valence-electron chi connectivity index (χ1n) is 8.02. The van der Waals surface area contributed by atoms with Crippen LogP contribution in [0.5, 0.6) is 11.5 Å². The van der Waals surface area contributed by atoms with Gasteiger partial charge in [0.25, 0.3) is 5.91 Å². The summed E-state index contributed by atoms with van der Waals surface area (Å²) in [6.45, 7) is 0.181. The third-order valence-electron chi connectivity index (χ3n) is 3.89. The molecule has 2 aromatic carbocycles. The van der Waals surface area contributed by atoms with E-state index in [1.807, 2.05) is 0 Å². The van der Waals surface area contributed by atoms with Crippen molar-refractivity contribution in [2.45, 2.75) is 6.54 Å². The molecule has 0 fully saturated rings. The van der Waals surface area contributed by atoms with E-state index in [0.29, 0.717) is 17.1 Å². The molecule has 6 nitrogen and oxygen atoms in total. The Morgan fingerprint density at radius 1 is 1.15 bits per heavy atom. The number of hydrogen-bond acceptors (Lipinski definition) is 4. The first-order chi connectivity index (χ1) is 13.0. The third-order valence-corrected chi connectivity index (χ3v) is 4.17. The second-order valence-electron chi connectivity index (χ2n) is 5.61. The van der Waals surface area contributed by atoms with Crippen LogP contribution in [0.1, 0.15) is 15.9 Å². The van der Waals surface area contributed by atoms with Gasteiger partial charge >= 0.3 is 0 Å². The summed E-state index contributed by atoms with van der Waals surface area (Å²) in [6, 6.07) is 11.4. The Bertz CT molecular complexity index is 952. The van der Waals surface area contributed by atoms with Crippen molar-refractivity contribution in [2.24, 2.45) is 0 Å². The number of hydrogen-bond donors (Lipinski definition) is 1. The van der Waals surface area contributed by atoms with Crippen LogP contribution < -0.4 is 14.8 Å². The molecular formula is C19H17ClFN3O3. The van der Waals surface area contributed by atoms with Crippen molar-refractivity contribution in [2.75, 3.05) is 19.5 Å². The topological polar surface area (TPSA) is 65.4 Å². The Morgan fingerprint density at radius 3 is 2.44 bits per heavy atom. The number of anilines is 1. The van der Waals surface area contributed by atoms with Crippen LogP contribution in [0.3, 0.4) is 0 Å². The lowest BCUT2D eigenvalue weighted by atomic mass is 10.1. The van der Waals surface area contributed by atoms with Crippen LogP contribution in [0.2, 0.25) is 5.02 Å². The maximum Gasteiger partial charge on any atom is 0.264 e. The molecule has 0 aliphatic rings. The molecule has 8 heteroatoms. The monoisotopic (exact) mass is 389 g/mol. The molecule has 3 rings (SSSR count). The summed E-state index contributed by atoms with van der Waals surface area (Å²) in [5, 5.41) is 7.10. The SMILES string of the molecule is COc1cccc(OC)c1C(=O)Nc1nn(Cc2ccccc2F)cc1Cl. The smallest absolute Gasteiger partial charge is 0.264 e. The average Bonchev–Trinajstić information content (AvgIpc) is 3.01. The molecule has 140 valence electrons. The van der Waals surface area contributed by atoms with Crippen LogP contribution in [0.4, 0.5) is 10.2 Å². The van der Waals surface area contributed by atoms with E-state index in [2.05, 4.69) is 10.4 Å². The lowest BCUT2D eigenvalue weighted by Crippen LogP contribution is -2.15. The van der Waals surface area contributed by atoms with Crippen molar-refractivity contribution < 1.29 is 18.7 Å². The quantitative estimate of drug-likeness (QED) is 0.692. The second kappa shape index (κ2) is 8.09. The highest BCUT2D eigenvalue weighted by atomic mass is 35.5. The third kappa shape index (κ3) is 4.03. The van der Waals surface area contributed by atoms with Gasteiger partial charge in [-0.3, -0.25) is 9.48 Å². The number of rotatable bonds is 6. The van der Waals surface area contributed by atoms with E-state index >= 15 is 0 Å². The van der Waals surface area contributed by atoms with Gasteiger partial charge in [0.1, 0.15) is 27.9 Å². The summed E-state index contributed by atoms with van der Waals surface area (Å²) in [7, 11) is 2.92. The molecule has 0 radical (unpaired) electrons. The lowest BCUT2D eigenvalue weighted by molar-refractivity contribution is 0.102. The number of aromatic nitrogens is 2. The minimum atomic E-state index is -0.484. The van der Waals surface area contributed by atoms with Crippen LogP contribution >= 0.6 is 11.6 Å². The summed E-state index contributed by atoms with van der Waals surface area (Å²) < 4.78 is 25.7. The van der Waals surface area contributed by atoms with E-state index in [1.165, 1.54) is 31.2 Å². The Morgan fingerprint density at radius 2 is 1.81 bits per heavy atom. The molecule has 0 bridgehead atoms. The predicted molar refractivity (Wildman–Crippen MR) is 100 cm³/mol. The van der Waals surface area contributed by atoms with Crippen molar-refractivity contribution >= 4 is 23.3 Å². The number of nitrogens with zero attached hydrogens (tertiary/aromatic N) is 2. The van der Waals surface area contributed by atoms with Crippen molar-refractivity contribution in [1.82, 2.24) is 9.78 Å². The fourth-order valence-electron chi connectivity index (χ4n) is 2.61. The molecule has 1 amide bonds. The number of amides is 1. The number of carbonyl (C=O) groups is 1. The predicted octanol–water partition coefficient (Wildman–Crippen LogP) is 3.99. The molecule has 0 aliphatic carbocycles. The van der Waals surface area contributed by atoms with Crippen molar-refractivity contribution in [3.05, 3.63) is 70.6 Å². The summed E-state index contributed by atoms with van der Waals surface area (Å²) in [4.78, 5) is 12.7. The zero-order valence-corrected chi connectivity index (χ0v) is 15.5. The van der Waals surface area contributed by atoms with Gasteiger partial charge < -0.3 is 14.8 Å². The van der Waals surface area contributed by atoms with Gasteiger partial charge in [0.2, 0.25) is 0 Å².